The van der Waals surface area contributed by atoms with Crippen LogP contribution in [-0.2, 0) is 0 Å². The molecule has 0 fully saturated rings. The topological polar surface area (TPSA) is 73.6 Å². The lowest BCUT2D eigenvalue weighted by Crippen LogP contribution is -2.38. The Morgan fingerprint density at radius 1 is 0.857 bits per heavy atom. The van der Waals surface area contributed by atoms with Gasteiger partial charge in [-0.1, -0.05) is 128 Å². The molecule has 2 rings (SSSR count). The van der Waals surface area contributed by atoms with Crippen LogP contribution in [-0.4, -0.2) is 46.6 Å². The summed E-state index contributed by atoms with van der Waals surface area (Å²) in [5.41, 5.74) is 0.204. The molecule has 0 aromatic heterocycles. The number of nitriles is 1. The summed E-state index contributed by atoms with van der Waals surface area (Å²) in [7, 11) is 0. The van der Waals surface area contributed by atoms with Gasteiger partial charge in [0, 0.05) is 23.1 Å². The number of hydrogen-bond donors (Lipinski definition) is 1. The number of aromatic hydroxyl groups is 1. The van der Waals surface area contributed by atoms with E-state index in [0.29, 0.717) is 24.3 Å². The maximum atomic E-state index is 13.7. The maximum Gasteiger partial charge on any atom is 0.258 e. The summed E-state index contributed by atoms with van der Waals surface area (Å²) in [6.45, 7) is 7.25. The fourth-order valence-electron chi connectivity index (χ4n) is 5.34. The Balaban J connectivity index is 1.88. The van der Waals surface area contributed by atoms with E-state index < -0.39 is 6.04 Å². The van der Waals surface area contributed by atoms with Crippen LogP contribution < -0.4 is 4.74 Å². The third-order valence-electron chi connectivity index (χ3n) is 8.00. The van der Waals surface area contributed by atoms with E-state index in [9.17, 15) is 15.2 Å². The molecule has 2 aromatic rings. The molecule has 1 N–H and O–H groups in total. The van der Waals surface area contributed by atoms with Gasteiger partial charge in [-0.15, -0.1) is 0 Å². The number of benzene rings is 2. The number of ether oxygens (including phenoxy) is 1. The van der Waals surface area contributed by atoms with Crippen molar-refractivity contribution in [3.8, 4) is 17.6 Å². The first-order valence-electron chi connectivity index (χ1n) is 16.7. The van der Waals surface area contributed by atoms with Crippen LogP contribution in [0, 0.1) is 11.3 Å². The van der Waals surface area contributed by atoms with Crippen molar-refractivity contribution < 1.29 is 14.6 Å². The van der Waals surface area contributed by atoms with Crippen LogP contribution in [0.25, 0.3) is 10.8 Å². The molecule has 0 aliphatic heterocycles. The van der Waals surface area contributed by atoms with Gasteiger partial charge < -0.3 is 14.7 Å². The average Bonchev–Trinajstić information content (AvgIpc) is 3.01. The number of amides is 1. The molecule has 5 nitrogen and oxygen atoms in total. The summed E-state index contributed by atoms with van der Waals surface area (Å²) in [6, 6.07) is 10.8. The molecule has 0 bridgehead atoms. The monoisotopic (exact) mass is 596 g/mol. The van der Waals surface area contributed by atoms with Crippen molar-refractivity contribution in [2.45, 2.75) is 130 Å². The fourth-order valence-corrected chi connectivity index (χ4v) is 6.24. The number of hydrogen-bond acceptors (Lipinski definition) is 5. The molecule has 2 aromatic carbocycles. The van der Waals surface area contributed by atoms with Gasteiger partial charge in [0.25, 0.3) is 5.91 Å². The van der Waals surface area contributed by atoms with Gasteiger partial charge in [0.2, 0.25) is 0 Å². The molecule has 0 spiro atoms. The standard InChI is InChI=1S/C36H56N2O3S/c1-4-6-8-9-10-11-12-13-14-15-16-17-18-21-24-38(30(3)29-37)36(40)33-28-34(41-25-27-42-26-7-5-2)31-22-19-20-23-32(31)35(33)39/h19-20,22-23,28,30,39H,4-18,21,24-27H2,1-3H3. The second-order valence-corrected chi connectivity index (χ2v) is 12.8. The highest BCUT2D eigenvalue weighted by molar-refractivity contribution is 7.99. The highest BCUT2D eigenvalue weighted by Gasteiger charge is 2.26. The van der Waals surface area contributed by atoms with Crippen LogP contribution in [0.3, 0.4) is 0 Å². The Morgan fingerprint density at radius 2 is 1.40 bits per heavy atom. The molecular weight excluding hydrogens is 540 g/mol. The first kappa shape index (κ1) is 35.8. The Kier molecular flexibility index (Phi) is 18.9. The number of phenolic OH excluding ortho intramolecular Hbond substituents is 1. The van der Waals surface area contributed by atoms with E-state index in [1.54, 1.807) is 17.9 Å². The van der Waals surface area contributed by atoms with Crippen LogP contribution in [0.2, 0.25) is 0 Å². The van der Waals surface area contributed by atoms with Crippen LogP contribution in [0.15, 0.2) is 30.3 Å². The van der Waals surface area contributed by atoms with Gasteiger partial charge in [0.05, 0.1) is 18.2 Å². The lowest BCUT2D eigenvalue weighted by molar-refractivity contribution is 0.0721. The van der Waals surface area contributed by atoms with Crippen LogP contribution in [0.5, 0.6) is 11.5 Å². The van der Waals surface area contributed by atoms with Crippen molar-refractivity contribution in [1.29, 1.82) is 5.26 Å². The zero-order valence-electron chi connectivity index (χ0n) is 26.7. The number of fused-ring (bicyclic) bond motifs is 1. The van der Waals surface area contributed by atoms with Crippen molar-refractivity contribution in [2.75, 3.05) is 24.7 Å². The van der Waals surface area contributed by atoms with Crippen molar-refractivity contribution in [3.05, 3.63) is 35.9 Å². The van der Waals surface area contributed by atoms with Crippen molar-refractivity contribution >= 4 is 28.4 Å². The van der Waals surface area contributed by atoms with E-state index in [2.05, 4.69) is 19.9 Å². The number of rotatable bonds is 24. The number of phenols is 1. The van der Waals surface area contributed by atoms with Gasteiger partial charge in [0.1, 0.15) is 17.5 Å². The second kappa shape index (κ2) is 22.2. The highest BCUT2D eigenvalue weighted by atomic mass is 32.2. The molecule has 234 valence electrons. The molecule has 42 heavy (non-hydrogen) atoms. The molecule has 0 radical (unpaired) electrons. The highest BCUT2D eigenvalue weighted by Crippen LogP contribution is 2.37. The summed E-state index contributed by atoms with van der Waals surface area (Å²) in [5, 5.41) is 22.2. The van der Waals surface area contributed by atoms with Gasteiger partial charge in [-0.05, 0) is 31.6 Å². The SMILES string of the molecule is CCCCCCCCCCCCCCCCN(C(=O)c1cc(OCCSCCCC)c2ccccc2c1O)C(C)C#N. The van der Waals surface area contributed by atoms with Crippen molar-refractivity contribution in [3.63, 3.8) is 0 Å². The smallest absolute Gasteiger partial charge is 0.258 e. The van der Waals surface area contributed by atoms with Gasteiger partial charge in [-0.2, -0.15) is 17.0 Å². The first-order chi connectivity index (χ1) is 20.5. The first-order valence-corrected chi connectivity index (χ1v) is 17.9. The van der Waals surface area contributed by atoms with Crippen LogP contribution in [0.4, 0.5) is 0 Å². The molecule has 1 atom stereocenters. The van der Waals surface area contributed by atoms with Gasteiger partial charge in [-0.25, -0.2) is 0 Å². The van der Waals surface area contributed by atoms with E-state index in [0.717, 1.165) is 36.2 Å². The Bertz CT molecular complexity index is 1070. The van der Waals surface area contributed by atoms with E-state index in [-0.39, 0.29) is 17.2 Å². The number of carbonyl (C=O) groups is 1. The normalized spacial score (nSPS) is 11.9. The van der Waals surface area contributed by atoms with E-state index in [4.69, 9.17) is 4.74 Å². The Hall–Kier alpha value is -2.39. The van der Waals surface area contributed by atoms with E-state index in [1.807, 2.05) is 36.0 Å². The second-order valence-electron chi connectivity index (χ2n) is 11.5. The third-order valence-corrected chi connectivity index (χ3v) is 9.04. The van der Waals surface area contributed by atoms with Crippen molar-refractivity contribution in [1.82, 2.24) is 4.90 Å². The number of nitrogens with zero attached hydrogens (tertiary/aromatic N) is 2. The van der Waals surface area contributed by atoms with Gasteiger partial charge in [-0.3, -0.25) is 4.79 Å². The molecule has 1 amide bonds. The zero-order valence-corrected chi connectivity index (χ0v) is 27.5. The average molecular weight is 597 g/mol. The quantitative estimate of drug-likeness (QED) is 0.122. The van der Waals surface area contributed by atoms with E-state index in [1.165, 1.54) is 83.5 Å². The summed E-state index contributed by atoms with van der Waals surface area (Å²) in [6.07, 6.45) is 20.2. The fraction of sp³-hybridized carbons (Fsp3) is 0.667. The molecule has 0 saturated heterocycles. The maximum absolute atomic E-state index is 13.7. The van der Waals surface area contributed by atoms with Gasteiger partial charge in [0.15, 0.2) is 0 Å². The molecule has 0 aliphatic carbocycles. The third kappa shape index (κ3) is 12.9. The lowest BCUT2D eigenvalue weighted by atomic mass is 10.0. The number of thioether (sulfide) groups is 1. The Labute approximate surface area is 260 Å². The molecular formula is C36H56N2O3S. The minimum absolute atomic E-state index is 0.0450. The van der Waals surface area contributed by atoms with Crippen LogP contribution in [0.1, 0.15) is 134 Å². The summed E-state index contributed by atoms with van der Waals surface area (Å²) in [5.74, 6) is 2.22. The predicted octanol–water partition coefficient (Wildman–Crippen LogP) is 10.3. The molecule has 6 heteroatoms. The largest absolute Gasteiger partial charge is 0.506 e. The lowest BCUT2D eigenvalue weighted by Gasteiger charge is -2.26. The summed E-state index contributed by atoms with van der Waals surface area (Å²) < 4.78 is 6.13. The predicted molar refractivity (Wildman–Crippen MR) is 180 cm³/mol. The van der Waals surface area contributed by atoms with Gasteiger partial charge >= 0.3 is 0 Å². The van der Waals surface area contributed by atoms with Crippen LogP contribution >= 0.6 is 11.8 Å². The van der Waals surface area contributed by atoms with Crippen molar-refractivity contribution in [2.24, 2.45) is 0 Å². The molecule has 0 aliphatic rings. The zero-order chi connectivity index (χ0) is 30.4. The minimum atomic E-state index is -0.579. The molecule has 1 unspecified atom stereocenters. The van der Waals surface area contributed by atoms with E-state index >= 15 is 0 Å². The molecule has 0 saturated carbocycles. The number of unbranched alkanes of at least 4 members (excludes halogenated alkanes) is 14. The summed E-state index contributed by atoms with van der Waals surface area (Å²) in [4.78, 5) is 15.3. The molecule has 0 heterocycles. The minimum Gasteiger partial charge on any atom is -0.506 e. The summed E-state index contributed by atoms with van der Waals surface area (Å²) >= 11 is 1.87. The number of carbonyl (C=O) groups excluding carboxylic acids is 1. The Morgan fingerprint density at radius 3 is 1.98 bits per heavy atom.